The molecule has 0 spiro atoms. The first-order valence-electron chi connectivity index (χ1n) is 7.82. The van der Waals surface area contributed by atoms with E-state index in [1.165, 1.54) is 0 Å². The largest absolute Gasteiger partial charge is 0.342 e. The first-order chi connectivity index (χ1) is 10.1. The molecule has 1 aliphatic rings. The van der Waals surface area contributed by atoms with E-state index in [0.29, 0.717) is 17.5 Å². The number of carbonyl (C=O) groups is 1. The summed E-state index contributed by atoms with van der Waals surface area (Å²) < 4.78 is 0. The van der Waals surface area contributed by atoms with Gasteiger partial charge in [-0.05, 0) is 49.4 Å². The van der Waals surface area contributed by atoms with Crippen LogP contribution in [0.15, 0.2) is 24.3 Å². The summed E-state index contributed by atoms with van der Waals surface area (Å²) >= 11 is 5.98. The van der Waals surface area contributed by atoms with Gasteiger partial charge in [-0.25, -0.2) is 0 Å². The van der Waals surface area contributed by atoms with Crippen molar-refractivity contribution in [2.45, 2.75) is 38.5 Å². The molecule has 1 aromatic carbocycles. The van der Waals surface area contributed by atoms with Gasteiger partial charge in [-0.1, -0.05) is 37.6 Å². The van der Waals surface area contributed by atoms with E-state index in [2.05, 4.69) is 13.8 Å². The summed E-state index contributed by atoms with van der Waals surface area (Å²) in [5, 5.41) is 0.705. The van der Waals surface area contributed by atoms with Crippen LogP contribution in [0.5, 0.6) is 0 Å². The molecular weight excluding hydrogens is 319 g/mol. The molecule has 0 saturated carbocycles. The lowest BCUT2D eigenvalue weighted by molar-refractivity contribution is -0.137. The highest BCUT2D eigenvalue weighted by Crippen LogP contribution is 2.36. The minimum atomic E-state index is -0.436. The van der Waals surface area contributed by atoms with Gasteiger partial charge in [0.05, 0.1) is 5.41 Å². The molecule has 1 heterocycles. The molecule has 124 valence electrons. The van der Waals surface area contributed by atoms with Crippen LogP contribution in [0.25, 0.3) is 0 Å². The number of nitrogens with two attached hydrogens (primary N) is 1. The Kier molecular flexibility index (Phi) is 7.17. The summed E-state index contributed by atoms with van der Waals surface area (Å²) in [6.45, 7) is 6.47. The predicted molar refractivity (Wildman–Crippen MR) is 94.7 cm³/mol. The number of amides is 1. The van der Waals surface area contributed by atoms with Gasteiger partial charge in [-0.15, -0.1) is 12.4 Å². The zero-order valence-electron chi connectivity index (χ0n) is 13.3. The number of likely N-dealkylation sites (tertiary alicyclic amines) is 1. The van der Waals surface area contributed by atoms with Crippen molar-refractivity contribution < 1.29 is 4.79 Å². The molecular formula is C17H26Cl2N2O. The van der Waals surface area contributed by atoms with Crippen molar-refractivity contribution in [1.29, 1.82) is 0 Å². The highest BCUT2D eigenvalue weighted by Gasteiger charge is 2.41. The molecule has 1 atom stereocenters. The van der Waals surface area contributed by atoms with Crippen LogP contribution in [0.3, 0.4) is 0 Å². The number of hydrogen-bond donors (Lipinski definition) is 1. The van der Waals surface area contributed by atoms with Crippen molar-refractivity contribution >= 4 is 29.9 Å². The predicted octanol–water partition coefficient (Wildman–Crippen LogP) is 3.63. The topological polar surface area (TPSA) is 46.3 Å². The van der Waals surface area contributed by atoms with E-state index in [4.69, 9.17) is 17.3 Å². The summed E-state index contributed by atoms with van der Waals surface area (Å²) in [6, 6.07) is 7.72. The zero-order valence-corrected chi connectivity index (χ0v) is 14.9. The number of rotatable bonds is 5. The number of carbonyl (C=O) groups excluding carboxylic acids is 1. The average Bonchev–Trinajstić information content (AvgIpc) is 2.99. The number of nitrogens with zero attached hydrogens (tertiary/aromatic N) is 1. The molecule has 3 nitrogen and oxygen atoms in total. The zero-order chi connectivity index (χ0) is 15.5. The van der Waals surface area contributed by atoms with Crippen molar-refractivity contribution in [2.24, 2.45) is 11.7 Å². The van der Waals surface area contributed by atoms with Crippen molar-refractivity contribution in [3.63, 3.8) is 0 Å². The Morgan fingerprint density at radius 1 is 1.32 bits per heavy atom. The normalized spacial score (nSPS) is 18.2. The van der Waals surface area contributed by atoms with Crippen LogP contribution < -0.4 is 5.73 Å². The molecule has 2 rings (SSSR count). The van der Waals surface area contributed by atoms with Crippen molar-refractivity contribution in [3.05, 3.63) is 34.9 Å². The molecule has 1 saturated heterocycles. The Hall–Kier alpha value is -0.770. The van der Waals surface area contributed by atoms with E-state index in [0.717, 1.165) is 37.9 Å². The van der Waals surface area contributed by atoms with Crippen LogP contribution in [0.4, 0.5) is 0 Å². The van der Waals surface area contributed by atoms with Crippen molar-refractivity contribution in [3.8, 4) is 0 Å². The second kappa shape index (κ2) is 8.19. The van der Waals surface area contributed by atoms with Crippen LogP contribution in [0.2, 0.25) is 5.02 Å². The monoisotopic (exact) mass is 344 g/mol. The molecule has 1 amide bonds. The standard InChI is InChI=1S/C17H25ClN2O.ClH/c1-3-17(4-2,14-5-7-15(18)8-6-14)16(21)20-10-9-13(11-19)12-20;/h5-8,13H,3-4,9-12,19H2,1-2H3;1H. The molecule has 1 aromatic rings. The van der Waals surface area contributed by atoms with Gasteiger partial charge in [0.25, 0.3) is 0 Å². The molecule has 0 bridgehead atoms. The van der Waals surface area contributed by atoms with Gasteiger partial charge in [-0.3, -0.25) is 4.79 Å². The summed E-state index contributed by atoms with van der Waals surface area (Å²) in [5.41, 5.74) is 6.38. The van der Waals surface area contributed by atoms with E-state index in [-0.39, 0.29) is 18.3 Å². The highest BCUT2D eigenvalue weighted by atomic mass is 35.5. The lowest BCUT2D eigenvalue weighted by Gasteiger charge is -2.35. The van der Waals surface area contributed by atoms with Crippen LogP contribution in [-0.2, 0) is 10.2 Å². The maximum absolute atomic E-state index is 13.1. The van der Waals surface area contributed by atoms with Crippen LogP contribution in [-0.4, -0.2) is 30.4 Å². The molecule has 22 heavy (non-hydrogen) atoms. The van der Waals surface area contributed by atoms with E-state index < -0.39 is 5.41 Å². The van der Waals surface area contributed by atoms with Gasteiger partial charge in [0, 0.05) is 18.1 Å². The third-order valence-electron chi connectivity index (χ3n) is 4.92. The lowest BCUT2D eigenvalue weighted by Crippen LogP contribution is -2.45. The minimum absolute atomic E-state index is 0. The third kappa shape index (κ3) is 3.58. The molecule has 1 fully saturated rings. The Balaban J connectivity index is 0.00000242. The van der Waals surface area contributed by atoms with Gasteiger partial charge in [-0.2, -0.15) is 0 Å². The van der Waals surface area contributed by atoms with Gasteiger partial charge in [0.1, 0.15) is 0 Å². The van der Waals surface area contributed by atoms with Gasteiger partial charge >= 0.3 is 0 Å². The first kappa shape index (κ1) is 19.3. The smallest absolute Gasteiger partial charge is 0.233 e. The van der Waals surface area contributed by atoms with Crippen molar-refractivity contribution in [2.75, 3.05) is 19.6 Å². The third-order valence-corrected chi connectivity index (χ3v) is 5.17. The molecule has 0 aliphatic carbocycles. The van der Waals surface area contributed by atoms with Gasteiger partial charge < -0.3 is 10.6 Å². The lowest BCUT2D eigenvalue weighted by atomic mass is 9.74. The SMILES string of the molecule is CCC(CC)(C(=O)N1CCC(CN)C1)c1ccc(Cl)cc1.Cl. The maximum atomic E-state index is 13.1. The Labute approximate surface area is 144 Å². The first-order valence-corrected chi connectivity index (χ1v) is 8.20. The Morgan fingerprint density at radius 2 is 1.91 bits per heavy atom. The van der Waals surface area contributed by atoms with Crippen LogP contribution in [0, 0.1) is 5.92 Å². The molecule has 0 radical (unpaired) electrons. The fourth-order valence-electron chi connectivity index (χ4n) is 3.37. The second-order valence-corrected chi connectivity index (χ2v) is 6.37. The van der Waals surface area contributed by atoms with Gasteiger partial charge in [0.15, 0.2) is 0 Å². The highest BCUT2D eigenvalue weighted by molar-refractivity contribution is 6.30. The Morgan fingerprint density at radius 3 is 2.36 bits per heavy atom. The number of benzene rings is 1. The molecule has 1 aliphatic heterocycles. The van der Waals surface area contributed by atoms with Crippen molar-refractivity contribution in [1.82, 2.24) is 4.90 Å². The van der Waals surface area contributed by atoms with E-state index in [1.54, 1.807) is 0 Å². The fourth-order valence-corrected chi connectivity index (χ4v) is 3.49. The summed E-state index contributed by atoms with van der Waals surface area (Å²) in [4.78, 5) is 15.1. The van der Waals surface area contributed by atoms with Crippen LogP contribution in [0.1, 0.15) is 38.7 Å². The molecule has 1 unspecified atom stereocenters. The summed E-state index contributed by atoms with van der Waals surface area (Å²) in [5.74, 6) is 0.691. The van der Waals surface area contributed by atoms with Crippen LogP contribution >= 0.6 is 24.0 Å². The number of hydrogen-bond acceptors (Lipinski definition) is 2. The van der Waals surface area contributed by atoms with E-state index in [1.807, 2.05) is 29.2 Å². The average molecular weight is 345 g/mol. The maximum Gasteiger partial charge on any atom is 0.233 e. The molecule has 5 heteroatoms. The summed E-state index contributed by atoms with van der Waals surface area (Å²) in [6.07, 6.45) is 2.62. The molecule has 0 aromatic heterocycles. The van der Waals surface area contributed by atoms with Gasteiger partial charge in [0.2, 0.25) is 5.91 Å². The second-order valence-electron chi connectivity index (χ2n) is 5.94. The van der Waals surface area contributed by atoms with E-state index >= 15 is 0 Å². The minimum Gasteiger partial charge on any atom is -0.342 e. The quantitative estimate of drug-likeness (QED) is 0.886. The van der Waals surface area contributed by atoms with E-state index in [9.17, 15) is 4.79 Å². The summed E-state index contributed by atoms with van der Waals surface area (Å²) in [7, 11) is 0. The fraction of sp³-hybridized carbons (Fsp3) is 0.588. The number of halogens is 2. The molecule has 2 N–H and O–H groups in total. The Bertz CT molecular complexity index is 486.